The van der Waals surface area contributed by atoms with Crippen LogP contribution < -0.4 is 16.0 Å². The number of nitrogens with zero attached hydrogens (tertiary/aromatic N) is 1. The van der Waals surface area contributed by atoms with Gasteiger partial charge in [-0.25, -0.2) is 4.79 Å². The molecule has 1 heterocycles. The van der Waals surface area contributed by atoms with E-state index in [9.17, 15) is 28.8 Å². The topological polar surface area (TPSA) is 151 Å². The summed E-state index contributed by atoms with van der Waals surface area (Å²) < 4.78 is 5.17. The van der Waals surface area contributed by atoms with E-state index >= 15 is 0 Å². The minimum Gasteiger partial charge on any atom is -0.445 e. The number of benzene rings is 2. The third-order valence-corrected chi connectivity index (χ3v) is 7.30. The molecule has 0 saturated carbocycles. The molecule has 0 aliphatic carbocycles. The van der Waals surface area contributed by atoms with Gasteiger partial charge in [-0.15, -0.1) is 0 Å². The molecule has 0 spiro atoms. The zero-order valence-electron chi connectivity index (χ0n) is 25.0. The minimum absolute atomic E-state index is 0.0260. The molecule has 1 saturated heterocycles. The highest BCUT2D eigenvalue weighted by Crippen LogP contribution is 2.19. The number of likely N-dealkylation sites (tertiary alicyclic amines) is 1. The van der Waals surface area contributed by atoms with Crippen LogP contribution in [0.4, 0.5) is 4.79 Å². The molecule has 3 N–H and O–H groups in total. The van der Waals surface area contributed by atoms with Crippen LogP contribution in [0.15, 0.2) is 60.7 Å². The Kier molecular flexibility index (Phi) is 12.0. The van der Waals surface area contributed by atoms with Gasteiger partial charge in [-0.1, -0.05) is 74.5 Å². The number of ketones is 2. The van der Waals surface area contributed by atoms with E-state index in [0.29, 0.717) is 12.8 Å². The Morgan fingerprint density at radius 3 is 2.02 bits per heavy atom. The van der Waals surface area contributed by atoms with Gasteiger partial charge in [-0.2, -0.15) is 0 Å². The van der Waals surface area contributed by atoms with Crippen molar-refractivity contribution in [2.45, 2.75) is 77.7 Å². The van der Waals surface area contributed by atoms with Gasteiger partial charge in [0, 0.05) is 13.0 Å². The average Bonchev–Trinajstić information content (AvgIpc) is 3.49. The lowest BCUT2D eigenvalue weighted by molar-refractivity contribution is -0.148. The Balaban J connectivity index is 1.68. The Labute approximate surface area is 251 Å². The summed E-state index contributed by atoms with van der Waals surface area (Å²) in [4.78, 5) is 78.7. The molecule has 0 bridgehead atoms. The van der Waals surface area contributed by atoms with Crippen LogP contribution in [0.2, 0.25) is 0 Å². The van der Waals surface area contributed by atoms with Crippen LogP contribution in [-0.2, 0) is 41.7 Å². The summed E-state index contributed by atoms with van der Waals surface area (Å²) in [6.07, 6.45) is 0.332. The number of ether oxygens (including phenoxy) is 1. The van der Waals surface area contributed by atoms with Crippen molar-refractivity contribution < 1.29 is 33.5 Å². The molecule has 1 aliphatic rings. The second-order valence-electron chi connectivity index (χ2n) is 11.0. The summed E-state index contributed by atoms with van der Waals surface area (Å²) in [5.74, 6) is -3.55. The van der Waals surface area contributed by atoms with E-state index in [1.807, 2.05) is 24.3 Å². The van der Waals surface area contributed by atoms with Crippen molar-refractivity contribution in [3.8, 4) is 0 Å². The summed E-state index contributed by atoms with van der Waals surface area (Å²) in [7, 11) is 0. The van der Waals surface area contributed by atoms with E-state index in [0.717, 1.165) is 11.1 Å². The maximum Gasteiger partial charge on any atom is 0.408 e. The van der Waals surface area contributed by atoms with Crippen LogP contribution in [0.5, 0.6) is 0 Å². The third kappa shape index (κ3) is 9.49. The first-order valence-corrected chi connectivity index (χ1v) is 14.4. The summed E-state index contributed by atoms with van der Waals surface area (Å²) in [6.45, 7) is 6.59. The fourth-order valence-electron chi connectivity index (χ4n) is 4.86. The molecule has 2 aromatic rings. The number of hydrogen-bond donors (Lipinski definition) is 3. The number of rotatable bonds is 13. The van der Waals surface area contributed by atoms with E-state index in [4.69, 9.17) is 4.74 Å². The van der Waals surface area contributed by atoms with Gasteiger partial charge in [-0.3, -0.25) is 24.0 Å². The monoisotopic (exact) mass is 592 g/mol. The first kappa shape index (κ1) is 33.0. The highest BCUT2D eigenvalue weighted by atomic mass is 16.5. The van der Waals surface area contributed by atoms with Gasteiger partial charge in [0.05, 0.1) is 6.04 Å². The van der Waals surface area contributed by atoms with Gasteiger partial charge in [0.15, 0.2) is 5.78 Å². The summed E-state index contributed by atoms with van der Waals surface area (Å²) in [5.41, 5.74) is 1.50. The summed E-state index contributed by atoms with van der Waals surface area (Å²) >= 11 is 0. The molecule has 1 aliphatic heterocycles. The second-order valence-corrected chi connectivity index (χ2v) is 11.0. The zero-order chi connectivity index (χ0) is 31.5. The number of alkyl carbamates (subject to hydrolysis) is 1. The van der Waals surface area contributed by atoms with Gasteiger partial charge in [0.1, 0.15) is 24.7 Å². The fourth-order valence-corrected chi connectivity index (χ4v) is 4.86. The van der Waals surface area contributed by atoms with Crippen molar-refractivity contribution in [2.24, 2.45) is 5.92 Å². The van der Waals surface area contributed by atoms with Crippen molar-refractivity contribution in [1.29, 1.82) is 0 Å². The molecule has 4 amide bonds. The van der Waals surface area contributed by atoms with Crippen molar-refractivity contribution in [2.75, 3.05) is 6.54 Å². The van der Waals surface area contributed by atoms with Crippen LogP contribution in [0.25, 0.3) is 0 Å². The molecule has 0 radical (unpaired) electrons. The highest BCUT2D eigenvalue weighted by molar-refractivity contribution is 6.38. The molecule has 0 unspecified atom stereocenters. The van der Waals surface area contributed by atoms with Crippen LogP contribution in [0.3, 0.4) is 0 Å². The number of Topliss-reactive ketones (excluding diaryl/α,β-unsaturated/α-hetero) is 2. The molecule has 11 nitrogen and oxygen atoms in total. The molecule has 1 fully saturated rings. The van der Waals surface area contributed by atoms with E-state index in [1.54, 1.807) is 50.2 Å². The standard InChI is InChI=1S/C32H40N4O7/c1-20(2)27(35-29(39)21(3)33-32(42)43-19-24-14-9-6-10-15-24)30(40)34-25(18-23-12-7-5-8-13-23)28(38)31(41)36-17-11-16-26(36)22(4)37/h5-10,12-15,20-21,25-27H,11,16-19H2,1-4H3,(H,33,42)(H,34,40)(H,35,39)/t21-,25+,26+,27-/m1/s1. The normalized spacial score (nSPS) is 16.5. The average molecular weight is 593 g/mol. The summed E-state index contributed by atoms with van der Waals surface area (Å²) in [6, 6.07) is 14.0. The van der Waals surface area contributed by atoms with E-state index in [1.165, 1.54) is 18.7 Å². The molecule has 4 atom stereocenters. The molecule has 3 rings (SSSR count). The first-order valence-electron chi connectivity index (χ1n) is 14.4. The van der Waals surface area contributed by atoms with Gasteiger partial charge in [0.25, 0.3) is 5.91 Å². The van der Waals surface area contributed by atoms with Crippen LogP contribution in [-0.4, -0.2) is 71.0 Å². The lowest BCUT2D eigenvalue weighted by Gasteiger charge is -2.28. The number of amides is 4. The van der Waals surface area contributed by atoms with Gasteiger partial charge < -0.3 is 25.6 Å². The van der Waals surface area contributed by atoms with E-state index in [-0.39, 0.29) is 25.4 Å². The van der Waals surface area contributed by atoms with Crippen LogP contribution in [0, 0.1) is 5.92 Å². The maximum absolute atomic E-state index is 13.5. The molecule has 43 heavy (non-hydrogen) atoms. The zero-order valence-corrected chi connectivity index (χ0v) is 25.0. The Hall–Kier alpha value is -4.54. The lowest BCUT2D eigenvalue weighted by Crippen LogP contribution is -2.58. The van der Waals surface area contributed by atoms with E-state index < -0.39 is 59.7 Å². The molecule has 230 valence electrons. The molecule has 11 heteroatoms. The molecule has 0 aromatic heterocycles. The Morgan fingerprint density at radius 2 is 1.44 bits per heavy atom. The van der Waals surface area contributed by atoms with Gasteiger partial charge >= 0.3 is 6.09 Å². The number of nitrogens with one attached hydrogen (secondary N) is 3. The molecule has 2 aromatic carbocycles. The smallest absolute Gasteiger partial charge is 0.408 e. The quantitative estimate of drug-likeness (QED) is 0.302. The molecular formula is C32H40N4O7. The van der Waals surface area contributed by atoms with Gasteiger partial charge in [0.2, 0.25) is 17.6 Å². The van der Waals surface area contributed by atoms with Crippen LogP contribution in [0.1, 0.15) is 51.7 Å². The fraction of sp³-hybridized carbons (Fsp3) is 0.438. The van der Waals surface area contributed by atoms with Gasteiger partial charge in [-0.05, 0) is 43.7 Å². The Bertz CT molecular complexity index is 1300. The van der Waals surface area contributed by atoms with E-state index in [2.05, 4.69) is 16.0 Å². The number of hydrogen-bond acceptors (Lipinski definition) is 7. The van der Waals surface area contributed by atoms with Crippen molar-refractivity contribution in [1.82, 2.24) is 20.9 Å². The summed E-state index contributed by atoms with van der Waals surface area (Å²) in [5, 5.41) is 7.76. The van der Waals surface area contributed by atoms with Crippen molar-refractivity contribution in [3.63, 3.8) is 0 Å². The first-order chi connectivity index (χ1) is 20.5. The lowest BCUT2D eigenvalue weighted by atomic mass is 9.98. The number of carbonyl (C=O) groups is 6. The third-order valence-electron chi connectivity index (χ3n) is 7.30. The predicted octanol–water partition coefficient (Wildman–Crippen LogP) is 2.32. The van der Waals surface area contributed by atoms with Crippen molar-refractivity contribution >= 4 is 35.4 Å². The second kappa shape index (κ2) is 15.6. The number of carbonyl (C=O) groups excluding carboxylic acids is 6. The maximum atomic E-state index is 13.5. The Morgan fingerprint density at radius 1 is 0.837 bits per heavy atom. The predicted molar refractivity (Wildman–Crippen MR) is 158 cm³/mol. The van der Waals surface area contributed by atoms with Crippen molar-refractivity contribution in [3.05, 3.63) is 71.8 Å². The van der Waals surface area contributed by atoms with Crippen LogP contribution >= 0.6 is 0 Å². The molecular weight excluding hydrogens is 552 g/mol. The highest BCUT2D eigenvalue weighted by Gasteiger charge is 2.39. The largest absolute Gasteiger partial charge is 0.445 e. The SMILES string of the molecule is CC(=O)[C@@H]1CCCN1C(=O)C(=O)[C@H](Cc1ccccc1)NC(=O)[C@H](NC(=O)[C@@H](C)NC(=O)OCc1ccccc1)C(C)C. The minimum atomic E-state index is -1.22.